The van der Waals surface area contributed by atoms with Gasteiger partial charge in [-0.15, -0.1) is 11.8 Å². The molecule has 5 nitrogen and oxygen atoms in total. The zero-order chi connectivity index (χ0) is 22.7. The molecule has 1 fully saturated rings. The van der Waals surface area contributed by atoms with Crippen molar-refractivity contribution in [3.8, 4) is 0 Å². The van der Waals surface area contributed by atoms with Crippen molar-refractivity contribution in [3.05, 3.63) is 95.0 Å². The van der Waals surface area contributed by atoms with Gasteiger partial charge >= 0.3 is 0 Å². The summed E-state index contributed by atoms with van der Waals surface area (Å²) >= 11 is 7.43. The van der Waals surface area contributed by atoms with Gasteiger partial charge in [0.15, 0.2) is 5.78 Å². The molecule has 0 radical (unpaired) electrons. The first-order valence-electron chi connectivity index (χ1n) is 9.88. The number of hydrogen-bond donors (Lipinski definition) is 1. The molecule has 1 unspecified atom stereocenters. The topological polar surface area (TPSA) is 80.5 Å². The molecular formula is C25H19ClN2O3S. The maximum Gasteiger partial charge on any atom is 0.247 e. The summed E-state index contributed by atoms with van der Waals surface area (Å²) in [6.45, 7) is 0. The van der Waals surface area contributed by atoms with Crippen molar-refractivity contribution in [3.63, 3.8) is 0 Å². The van der Waals surface area contributed by atoms with Crippen LogP contribution in [-0.2, 0) is 9.59 Å². The van der Waals surface area contributed by atoms with Crippen molar-refractivity contribution in [1.29, 1.82) is 0 Å². The van der Waals surface area contributed by atoms with Crippen LogP contribution >= 0.6 is 23.4 Å². The second-order valence-electron chi connectivity index (χ2n) is 7.22. The summed E-state index contributed by atoms with van der Waals surface area (Å²) in [7, 11) is 0. The van der Waals surface area contributed by atoms with Crippen molar-refractivity contribution in [2.45, 2.75) is 16.6 Å². The fourth-order valence-corrected chi connectivity index (χ4v) is 4.69. The number of nitrogens with zero attached hydrogens (tertiary/aromatic N) is 1. The zero-order valence-electron chi connectivity index (χ0n) is 16.9. The Hall–Kier alpha value is -3.35. The van der Waals surface area contributed by atoms with Gasteiger partial charge in [0.05, 0.1) is 10.9 Å². The summed E-state index contributed by atoms with van der Waals surface area (Å²) in [6.07, 6.45) is 3.21. The molecule has 0 aliphatic carbocycles. The molecule has 1 heterocycles. The number of ketones is 1. The van der Waals surface area contributed by atoms with E-state index in [1.165, 1.54) is 22.7 Å². The lowest BCUT2D eigenvalue weighted by atomic mass is 10.1. The van der Waals surface area contributed by atoms with Crippen molar-refractivity contribution in [2.75, 3.05) is 10.6 Å². The number of amides is 2. The van der Waals surface area contributed by atoms with Crippen LogP contribution in [0.25, 0.3) is 6.08 Å². The van der Waals surface area contributed by atoms with Gasteiger partial charge in [0.2, 0.25) is 11.8 Å². The largest absolute Gasteiger partial charge is 0.399 e. The van der Waals surface area contributed by atoms with Crippen LogP contribution in [0.2, 0.25) is 5.02 Å². The molecule has 4 rings (SSSR count). The molecule has 0 bridgehead atoms. The Morgan fingerprint density at radius 2 is 1.78 bits per heavy atom. The minimum Gasteiger partial charge on any atom is -0.399 e. The third-order valence-corrected chi connectivity index (χ3v) is 6.49. The first kappa shape index (κ1) is 21.9. The summed E-state index contributed by atoms with van der Waals surface area (Å²) in [6, 6.07) is 20.9. The molecule has 0 saturated carbocycles. The average Bonchev–Trinajstić information content (AvgIpc) is 3.06. The lowest BCUT2D eigenvalue weighted by Gasteiger charge is -2.15. The van der Waals surface area contributed by atoms with Crippen LogP contribution < -0.4 is 10.6 Å². The van der Waals surface area contributed by atoms with Crippen LogP contribution in [-0.4, -0.2) is 22.8 Å². The van der Waals surface area contributed by atoms with Gasteiger partial charge in [0.25, 0.3) is 0 Å². The molecule has 3 aromatic rings. The number of anilines is 2. The van der Waals surface area contributed by atoms with E-state index in [1.54, 1.807) is 48.5 Å². The lowest BCUT2D eigenvalue weighted by molar-refractivity contribution is -0.121. The van der Waals surface area contributed by atoms with E-state index in [4.69, 9.17) is 17.3 Å². The molecule has 1 atom stereocenters. The van der Waals surface area contributed by atoms with E-state index in [-0.39, 0.29) is 24.0 Å². The Bertz CT molecular complexity index is 1220. The minimum atomic E-state index is -0.510. The Balaban J connectivity index is 1.46. The van der Waals surface area contributed by atoms with Gasteiger partial charge in [-0.25, -0.2) is 4.90 Å². The highest BCUT2D eigenvalue weighted by molar-refractivity contribution is 8.00. The predicted octanol–water partition coefficient (Wildman–Crippen LogP) is 5.24. The van der Waals surface area contributed by atoms with Gasteiger partial charge in [-0.1, -0.05) is 35.9 Å². The van der Waals surface area contributed by atoms with Gasteiger partial charge in [-0.2, -0.15) is 0 Å². The van der Waals surface area contributed by atoms with Gasteiger partial charge in [0.1, 0.15) is 0 Å². The lowest BCUT2D eigenvalue weighted by Crippen LogP contribution is -2.31. The third kappa shape index (κ3) is 4.77. The number of benzene rings is 3. The van der Waals surface area contributed by atoms with E-state index in [2.05, 4.69) is 0 Å². The highest BCUT2D eigenvalue weighted by atomic mass is 35.5. The molecule has 160 valence electrons. The number of carbonyl (C=O) groups is 3. The first-order chi connectivity index (χ1) is 15.4. The van der Waals surface area contributed by atoms with E-state index >= 15 is 0 Å². The van der Waals surface area contributed by atoms with Crippen LogP contribution in [0.15, 0.2) is 83.8 Å². The molecule has 2 N–H and O–H groups in total. The monoisotopic (exact) mass is 462 g/mol. The molecule has 0 aromatic heterocycles. The van der Waals surface area contributed by atoms with Crippen molar-refractivity contribution < 1.29 is 14.4 Å². The predicted molar refractivity (Wildman–Crippen MR) is 129 cm³/mol. The van der Waals surface area contributed by atoms with E-state index in [0.29, 0.717) is 22.0 Å². The van der Waals surface area contributed by atoms with Gasteiger partial charge in [-0.3, -0.25) is 14.4 Å². The van der Waals surface area contributed by atoms with E-state index in [0.717, 1.165) is 10.5 Å². The van der Waals surface area contributed by atoms with Crippen LogP contribution in [0, 0.1) is 0 Å². The molecular weight excluding hydrogens is 444 g/mol. The van der Waals surface area contributed by atoms with E-state index in [1.807, 2.05) is 30.3 Å². The molecule has 32 heavy (non-hydrogen) atoms. The number of imide groups is 1. The Morgan fingerprint density at radius 1 is 1.03 bits per heavy atom. The number of carbonyl (C=O) groups excluding carboxylic acids is 3. The van der Waals surface area contributed by atoms with Crippen molar-refractivity contribution >= 4 is 58.4 Å². The number of hydrogen-bond acceptors (Lipinski definition) is 5. The number of allylic oxidation sites excluding steroid dienone is 1. The second-order valence-corrected chi connectivity index (χ2v) is 8.90. The molecule has 1 aliphatic rings. The summed E-state index contributed by atoms with van der Waals surface area (Å²) < 4.78 is 0. The summed E-state index contributed by atoms with van der Waals surface area (Å²) in [5.74, 6) is -0.750. The number of thioether (sulfide) groups is 1. The molecule has 1 saturated heterocycles. The van der Waals surface area contributed by atoms with Crippen LogP contribution in [0.1, 0.15) is 22.3 Å². The maximum atomic E-state index is 12.9. The van der Waals surface area contributed by atoms with E-state index < -0.39 is 5.25 Å². The fourth-order valence-electron chi connectivity index (χ4n) is 3.37. The molecule has 7 heteroatoms. The van der Waals surface area contributed by atoms with Crippen molar-refractivity contribution in [2.24, 2.45) is 0 Å². The summed E-state index contributed by atoms with van der Waals surface area (Å²) in [5, 5.41) is 0.0488. The second kappa shape index (κ2) is 9.42. The molecule has 1 aliphatic heterocycles. The number of rotatable bonds is 6. The van der Waals surface area contributed by atoms with Gasteiger partial charge in [-0.05, 0) is 66.2 Å². The minimum absolute atomic E-state index is 0.111. The zero-order valence-corrected chi connectivity index (χ0v) is 18.5. The quantitative estimate of drug-likeness (QED) is 0.234. The number of halogens is 1. The Labute approximate surface area is 194 Å². The van der Waals surface area contributed by atoms with Gasteiger partial charge < -0.3 is 5.73 Å². The van der Waals surface area contributed by atoms with Crippen LogP contribution in [0.5, 0.6) is 0 Å². The van der Waals surface area contributed by atoms with E-state index in [9.17, 15) is 14.4 Å². The number of nitrogen functional groups attached to an aromatic ring is 1. The average molecular weight is 463 g/mol. The molecule has 2 amide bonds. The fraction of sp³-hybridized carbons (Fsp3) is 0.0800. The highest BCUT2D eigenvalue weighted by Gasteiger charge is 2.40. The van der Waals surface area contributed by atoms with Crippen LogP contribution in [0.3, 0.4) is 0 Å². The van der Waals surface area contributed by atoms with Gasteiger partial charge in [0, 0.05) is 27.6 Å². The van der Waals surface area contributed by atoms with Crippen molar-refractivity contribution in [1.82, 2.24) is 0 Å². The standard InChI is InChI=1S/C25H19ClN2O3S/c26-21-7-2-1-4-16(21)10-13-22(29)17-8-11-19(12-9-17)28-24(30)15-23(25(28)31)32-20-6-3-5-18(27)14-20/h1-14,23H,15,27H2/b13-10+. The SMILES string of the molecule is Nc1cccc(SC2CC(=O)N(c3ccc(C(=O)/C=C/c4ccccc4Cl)cc3)C2=O)c1. The molecule has 3 aromatic carbocycles. The molecule has 0 spiro atoms. The number of nitrogens with two attached hydrogens (primary N) is 1. The maximum absolute atomic E-state index is 12.9. The smallest absolute Gasteiger partial charge is 0.247 e. The highest BCUT2D eigenvalue weighted by Crippen LogP contribution is 2.34. The summed E-state index contributed by atoms with van der Waals surface area (Å²) in [5.41, 5.74) is 8.04. The Morgan fingerprint density at radius 3 is 2.50 bits per heavy atom. The van der Waals surface area contributed by atoms with Crippen LogP contribution in [0.4, 0.5) is 11.4 Å². The normalized spacial score (nSPS) is 16.2. The first-order valence-corrected chi connectivity index (χ1v) is 11.1. The summed E-state index contributed by atoms with van der Waals surface area (Å²) in [4.78, 5) is 39.9. The Kier molecular flexibility index (Phi) is 6.44. The third-order valence-electron chi connectivity index (χ3n) is 4.97.